The second-order valence-electron chi connectivity index (χ2n) is 5.98. The van der Waals surface area contributed by atoms with E-state index < -0.39 is 0 Å². The lowest BCUT2D eigenvalue weighted by atomic mass is 9.92. The van der Waals surface area contributed by atoms with Crippen LogP contribution in [0.5, 0.6) is 0 Å². The van der Waals surface area contributed by atoms with Crippen molar-refractivity contribution in [2.24, 2.45) is 5.92 Å². The van der Waals surface area contributed by atoms with Crippen molar-refractivity contribution < 1.29 is 4.79 Å². The van der Waals surface area contributed by atoms with Gasteiger partial charge in [0, 0.05) is 18.0 Å². The van der Waals surface area contributed by atoms with Gasteiger partial charge in [-0.25, -0.2) is 0 Å². The number of benzene rings is 1. The van der Waals surface area contributed by atoms with Gasteiger partial charge in [-0.3, -0.25) is 4.79 Å². The molecule has 0 bridgehead atoms. The summed E-state index contributed by atoms with van der Waals surface area (Å²) in [5.41, 5.74) is 2.02. The molecule has 0 aliphatic rings. The fourth-order valence-corrected chi connectivity index (χ4v) is 2.66. The molecule has 0 fully saturated rings. The average molecular weight is 289 g/mol. The molecule has 0 saturated heterocycles. The fraction of sp³-hybridized carbons (Fsp3) is 0.632. The zero-order valence-corrected chi connectivity index (χ0v) is 14.0. The van der Waals surface area contributed by atoms with Gasteiger partial charge in [-0.1, -0.05) is 63.3 Å². The van der Waals surface area contributed by atoms with Gasteiger partial charge in [-0.05, 0) is 32.4 Å². The molecule has 1 unspecified atom stereocenters. The van der Waals surface area contributed by atoms with Crippen molar-refractivity contribution in [1.29, 1.82) is 0 Å². The summed E-state index contributed by atoms with van der Waals surface area (Å²) in [6.45, 7) is 8.26. The van der Waals surface area contributed by atoms with Crippen LogP contribution in [0.25, 0.3) is 0 Å². The first-order chi connectivity index (χ1) is 10.2. The van der Waals surface area contributed by atoms with Crippen molar-refractivity contribution in [2.75, 3.05) is 13.1 Å². The molecule has 2 nitrogen and oxygen atoms in total. The monoisotopic (exact) mass is 289 g/mol. The molecule has 1 aromatic carbocycles. The molecule has 1 N–H and O–H groups in total. The summed E-state index contributed by atoms with van der Waals surface area (Å²) < 4.78 is 0. The molecule has 1 rings (SSSR count). The summed E-state index contributed by atoms with van der Waals surface area (Å²) in [5, 5.41) is 3.47. The summed E-state index contributed by atoms with van der Waals surface area (Å²) in [6.07, 6.45) is 7.10. The van der Waals surface area contributed by atoms with Gasteiger partial charge in [0.2, 0.25) is 0 Å². The van der Waals surface area contributed by atoms with Crippen LogP contribution in [0.4, 0.5) is 0 Å². The van der Waals surface area contributed by atoms with Crippen LogP contribution in [0.15, 0.2) is 24.3 Å². The largest absolute Gasteiger partial charge is 0.316 e. The molecular formula is C19H31NO. The number of hydrogen-bond acceptors (Lipinski definition) is 2. The van der Waals surface area contributed by atoms with Crippen LogP contribution < -0.4 is 5.32 Å². The Morgan fingerprint density at radius 3 is 2.62 bits per heavy atom. The Kier molecular flexibility index (Phi) is 9.00. The molecule has 0 spiro atoms. The van der Waals surface area contributed by atoms with E-state index in [9.17, 15) is 4.79 Å². The summed E-state index contributed by atoms with van der Waals surface area (Å²) in [4.78, 5) is 12.6. The lowest BCUT2D eigenvalue weighted by molar-refractivity contribution is 0.0911. The van der Waals surface area contributed by atoms with Gasteiger partial charge >= 0.3 is 0 Å². The molecule has 2 heteroatoms. The molecule has 0 aromatic heterocycles. The average Bonchev–Trinajstić information content (AvgIpc) is 2.49. The zero-order valence-electron chi connectivity index (χ0n) is 14.0. The first-order valence-electron chi connectivity index (χ1n) is 8.50. The molecule has 1 aromatic rings. The lowest BCUT2D eigenvalue weighted by Crippen LogP contribution is -2.29. The van der Waals surface area contributed by atoms with Crippen molar-refractivity contribution in [3.8, 4) is 0 Å². The number of unbranched alkanes of at least 4 members (excludes halogenated alkanes) is 3. The second kappa shape index (κ2) is 10.6. The van der Waals surface area contributed by atoms with E-state index in [1.807, 2.05) is 31.2 Å². The molecule has 1 atom stereocenters. The maximum atomic E-state index is 12.6. The molecule has 0 saturated carbocycles. The third kappa shape index (κ3) is 6.90. The Bertz CT molecular complexity index is 414. The number of nitrogens with one attached hydrogen (secondary N) is 1. The zero-order chi connectivity index (χ0) is 15.5. The van der Waals surface area contributed by atoms with Gasteiger partial charge in [0.25, 0.3) is 0 Å². The highest BCUT2D eigenvalue weighted by Gasteiger charge is 2.18. The van der Waals surface area contributed by atoms with E-state index >= 15 is 0 Å². The SMILES string of the molecule is CCCCCCNCC(CCC)C(=O)c1cccc(C)c1. The fourth-order valence-electron chi connectivity index (χ4n) is 2.66. The molecule has 0 aliphatic carbocycles. The molecule has 0 aliphatic heterocycles. The number of ketones is 1. The number of Topliss-reactive ketones (excluding diaryl/α,β-unsaturated/α-hetero) is 1. The first kappa shape index (κ1) is 17.9. The van der Waals surface area contributed by atoms with Crippen LogP contribution in [0.3, 0.4) is 0 Å². The first-order valence-corrected chi connectivity index (χ1v) is 8.50. The minimum Gasteiger partial charge on any atom is -0.316 e. The number of hydrogen-bond donors (Lipinski definition) is 1. The standard InChI is InChI=1S/C19H31NO/c1-4-6-7-8-13-20-15-18(10-5-2)19(21)17-12-9-11-16(3)14-17/h9,11-12,14,18,20H,4-8,10,13,15H2,1-3H3. The normalized spacial score (nSPS) is 12.3. The van der Waals surface area contributed by atoms with Crippen molar-refractivity contribution in [1.82, 2.24) is 5.32 Å². The van der Waals surface area contributed by atoms with Gasteiger partial charge in [0.15, 0.2) is 5.78 Å². The Hall–Kier alpha value is -1.15. The Morgan fingerprint density at radius 1 is 1.14 bits per heavy atom. The predicted molar refractivity (Wildman–Crippen MR) is 90.9 cm³/mol. The maximum Gasteiger partial charge on any atom is 0.167 e. The number of carbonyl (C=O) groups excluding carboxylic acids is 1. The van der Waals surface area contributed by atoms with E-state index in [1.54, 1.807) is 0 Å². The van der Waals surface area contributed by atoms with E-state index in [1.165, 1.54) is 25.7 Å². The van der Waals surface area contributed by atoms with Crippen molar-refractivity contribution >= 4 is 5.78 Å². The minimum atomic E-state index is 0.114. The van der Waals surface area contributed by atoms with E-state index in [2.05, 4.69) is 19.2 Å². The van der Waals surface area contributed by atoms with Gasteiger partial charge in [-0.2, -0.15) is 0 Å². The maximum absolute atomic E-state index is 12.6. The van der Waals surface area contributed by atoms with E-state index in [0.29, 0.717) is 5.78 Å². The van der Waals surface area contributed by atoms with Gasteiger partial charge in [-0.15, -0.1) is 0 Å². The molecule has 0 amide bonds. The van der Waals surface area contributed by atoms with Gasteiger partial charge < -0.3 is 5.32 Å². The predicted octanol–water partition coefficient (Wildman–Crippen LogP) is 4.76. The highest BCUT2D eigenvalue weighted by molar-refractivity contribution is 5.98. The molecule has 118 valence electrons. The molecular weight excluding hydrogens is 258 g/mol. The lowest BCUT2D eigenvalue weighted by Gasteiger charge is -2.16. The highest BCUT2D eigenvalue weighted by Crippen LogP contribution is 2.15. The Labute approximate surface area is 130 Å². The smallest absolute Gasteiger partial charge is 0.167 e. The molecule has 0 heterocycles. The van der Waals surface area contributed by atoms with Crippen molar-refractivity contribution in [2.45, 2.75) is 59.3 Å². The number of aryl methyl sites for hydroxylation is 1. The minimum absolute atomic E-state index is 0.114. The summed E-state index contributed by atoms with van der Waals surface area (Å²) in [7, 11) is 0. The van der Waals surface area contributed by atoms with Crippen LogP contribution in [0.1, 0.15) is 68.3 Å². The van der Waals surface area contributed by atoms with Gasteiger partial charge in [0.05, 0.1) is 0 Å². The number of rotatable bonds is 11. The van der Waals surface area contributed by atoms with E-state index in [0.717, 1.165) is 37.1 Å². The van der Waals surface area contributed by atoms with Crippen LogP contribution in [0.2, 0.25) is 0 Å². The highest BCUT2D eigenvalue weighted by atomic mass is 16.1. The van der Waals surface area contributed by atoms with Crippen LogP contribution >= 0.6 is 0 Å². The van der Waals surface area contributed by atoms with Crippen LogP contribution in [-0.4, -0.2) is 18.9 Å². The van der Waals surface area contributed by atoms with E-state index in [-0.39, 0.29) is 5.92 Å². The van der Waals surface area contributed by atoms with Crippen molar-refractivity contribution in [3.05, 3.63) is 35.4 Å². The third-order valence-corrected chi connectivity index (χ3v) is 3.91. The van der Waals surface area contributed by atoms with Crippen LogP contribution in [0, 0.1) is 12.8 Å². The molecule has 21 heavy (non-hydrogen) atoms. The van der Waals surface area contributed by atoms with E-state index in [4.69, 9.17) is 0 Å². The van der Waals surface area contributed by atoms with Crippen molar-refractivity contribution in [3.63, 3.8) is 0 Å². The topological polar surface area (TPSA) is 29.1 Å². The number of carbonyl (C=O) groups is 1. The van der Waals surface area contributed by atoms with Gasteiger partial charge in [0.1, 0.15) is 0 Å². The summed E-state index contributed by atoms with van der Waals surface area (Å²) >= 11 is 0. The molecule has 0 radical (unpaired) electrons. The Morgan fingerprint density at radius 2 is 1.95 bits per heavy atom. The summed E-state index contributed by atoms with van der Waals surface area (Å²) in [6, 6.07) is 7.97. The third-order valence-electron chi connectivity index (χ3n) is 3.91. The second-order valence-corrected chi connectivity index (χ2v) is 5.98. The summed E-state index contributed by atoms with van der Waals surface area (Å²) in [5.74, 6) is 0.407. The van der Waals surface area contributed by atoms with Crippen LogP contribution in [-0.2, 0) is 0 Å². The Balaban J connectivity index is 2.46. The quantitative estimate of drug-likeness (QED) is 0.470.